The van der Waals surface area contributed by atoms with Crippen LogP contribution in [0.5, 0.6) is 0 Å². The number of anilines is 1. The summed E-state index contributed by atoms with van der Waals surface area (Å²) >= 11 is 0. The Labute approximate surface area is 170 Å². The van der Waals surface area contributed by atoms with Crippen LogP contribution in [-0.2, 0) is 15.1 Å². The van der Waals surface area contributed by atoms with Crippen LogP contribution in [0.1, 0.15) is 22.8 Å². The Bertz CT molecular complexity index is 1040. The van der Waals surface area contributed by atoms with Gasteiger partial charge in [0, 0.05) is 18.3 Å². The number of amides is 5. The van der Waals surface area contributed by atoms with Crippen LogP contribution in [0, 0.1) is 11.6 Å². The second-order valence-corrected chi connectivity index (χ2v) is 6.78. The second-order valence-electron chi connectivity index (χ2n) is 6.78. The summed E-state index contributed by atoms with van der Waals surface area (Å²) in [5, 5.41) is 7.40. The number of hydrogen-bond donors (Lipinski definition) is 3. The van der Waals surface area contributed by atoms with Crippen molar-refractivity contribution in [3.05, 3.63) is 65.2 Å². The smallest absolute Gasteiger partial charge is 0.325 e. The maximum Gasteiger partial charge on any atom is 0.325 e. The van der Waals surface area contributed by atoms with Crippen molar-refractivity contribution < 1.29 is 28.0 Å². The van der Waals surface area contributed by atoms with E-state index >= 15 is 0 Å². The molecule has 5 amide bonds. The van der Waals surface area contributed by atoms with E-state index in [2.05, 4.69) is 16.0 Å². The lowest BCUT2D eigenvalue weighted by atomic mass is 9.92. The van der Waals surface area contributed by atoms with Crippen LogP contribution in [0.2, 0.25) is 0 Å². The molecule has 1 aliphatic heterocycles. The molecule has 0 bridgehead atoms. The lowest BCUT2D eigenvalue weighted by molar-refractivity contribution is -0.133. The molecule has 0 spiro atoms. The first-order valence-corrected chi connectivity index (χ1v) is 8.87. The van der Waals surface area contributed by atoms with E-state index in [1.54, 1.807) is 0 Å². The van der Waals surface area contributed by atoms with Gasteiger partial charge >= 0.3 is 6.03 Å². The summed E-state index contributed by atoms with van der Waals surface area (Å²) in [6.07, 6.45) is 0. The zero-order chi connectivity index (χ0) is 22.1. The van der Waals surface area contributed by atoms with E-state index in [4.69, 9.17) is 0 Å². The predicted octanol–water partition coefficient (Wildman–Crippen LogP) is 1.73. The number of nitrogens with one attached hydrogen (secondary N) is 3. The van der Waals surface area contributed by atoms with E-state index < -0.39 is 41.6 Å². The Kier molecular flexibility index (Phi) is 5.50. The maximum absolute atomic E-state index is 13.6. The molecule has 0 aromatic heterocycles. The maximum atomic E-state index is 13.6. The fraction of sp³-hybridized carbons (Fsp3) is 0.200. The average Bonchev–Trinajstić information content (AvgIpc) is 2.94. The van der Waals surface area contributed by atoms with Crippen LogP contribution in [0.3, 0.4) is 0 Å². The molecule has 2 aromatic carbocycles. The zero-order valence-electron chi connectivity index (χ0n) is 16.1. The van der Waals surface area contributed by atoms with E-state index in [0.29, 0.717) is 16.2 Å². The average molecular weight is 416 g/mol. The van der Waals surface area contributed by atoms with E-state index in [0.717, 1.165) is 12.1 Å². The molecule has 8 nitrogen and oxygen atoms in total. The van der Waals surface area contributed by atoms with Gasteiger partial charge in [-0.05, 0) is 48.9 Å². The van der Waals surface area contributed by atoms with Gasteiger partial charge in [0.2, 0.25) is 5.91 Å². The molecule has 1 aliphatic rings. The molecule has 1 fully saturated rings. The third-order valence-electron chi connectivity index (χ3n) is 4.73. The highest BCUT2D eigenvalue weighted by atomic mass is 19.2. The molecule has 1 saturated heterocycles. The molecule has 2 aromatic rings. The summed E-state index contributed by atoms with van der Waals surface area (Å²) in [5.41, 5.74) is -0.830. The highest BCUT2D eigenvalue weighted by Gasteiger charge is 2.49. The van der Waals surface area contributed by atoms with Gasteiger partial charge in [-0.25, -0.2) is 13.6 Å². The van der Waals surface area contributed by atoms with Gasteiger partial charge in [0.05, 0.1) is 0 Å². The molecule has 156 valence electrons. The summed E-state index contributed by atoms with van der Waals surface area (Å²) in [4.78, 5) is 49.6. The SMILES string of the molecule is CNC(=O)c1ccc(NC(=O)CN2C(=O)N[C@@](C)(c3ccc(F)c(F)c3)C2=O)cc1. The van der Waals surface area contributed by atoms with Crippen molar-refractivity contribution in [2.45, 2.75) is 12.5 Å². The second kappa shape index (κ2) is 7.90. The number of carbonyl (C=O) groups excluding carboxylic acids is 4. The quantitative estimate of drug-likeness (QED) is 0.645. The minimum absolute atomic E-state index is 0.0486. The Hall–Kier alpha value is -3.82. The molecule has 0 radical (unpaired) electrons. The summed E-state index contributed by atoms with van der Waals surface area (Å²) in [6.45, 7) is 0.760. The van der Waals surface area contributed by atoms with Crippen LogP contribution in [0.15, 0.2) is 42.5 Å². The van der Waals surface area contributed by atoms with E-state index in [1.807, 2.05) is 0 Å². The largest absolute Gasteiger partial charge is 0.355 e. The van der Waals surface area contributed by atoms with Crippen molar-refractivity contribution in [1.82, 2.24) is 15.5 Å². The van der Waals surface area contributed by atoms with Gasteiger partial charge in [0.1, 0.15) is 12.1 Å². The van der Waals surface area contributed by atoms with E-state index in [-0.39, 0.29) is 11.5 Å². The molecular formula is C20H18F2N4O4. The van der Waals surface area contributed by atoms with Gasteiger partial charge in [-0.1, -0.05) is 6.07 Å². The molecule has 3 N–H and O–H groups in total. The van der Waals surface area contributed by atoms with Crippen LogP contribution in [0.4, 0.5) is 19.3 Å². The van der Waals surface area contributed by atoms with E-state index in [9.17, 15) is 28.0 Å². The van der Waals surface area contributed by atoms with Crippen LogP contribution < -0.4 is 16.0 Å². The number of hydrogen-bond acceptors (Lipinski definition) is 4. The van der Waals surface area contributed by atoms with E-state index in [1.165, 1.54) is 44.3 Å². The Morgan fingerprint density at radius 2 is 1.73 bits per heavy atom. The monoisotopic (exact) mass is 416 g/mol. The number of nitrogens with zero attached hydrogens (tertiary/aromatic N) is 1. The normalized spacial score (nSPS) is 18.2. The summed E-state index contributed by atoms with van der Waals surface area (Å²) in [6, 6.07) is 8.04. The van der Waals surface area contributed by atoms with Gasteiger partial charge < -0.3 is 16.0 Å². The highest BCUT2D eigenvalue weighted by molar-refractivity contribution is 6.10. The molecule has 0 unspecified atom stereocenters. The fourth-order valence-corrected chi connectivity index (χ4v) is 3.04. The third-order valence-corrected chi connectivity index (χ3v) is 4.73. The minimum atomic E-state index is -1.64. The predicted molar refractivity (Wildman–Crippen MR) is 102 cm³/mol. The number of benzene rings is 2. The van der Waals surface area contributed by atoms with Crippen LogP contribution >= 0.6 is 0 Å². The van der Waals surface area contributed by atoms with Crippen molar-refractivity contribution in [2.75, 3.05) is 18.9 Å². The van der Waals surface area contributed by atoms with Crippen LogP contribution in [0.25, 0.3) is 0 Å². The van der Waals surface area contributed by atoms with Crippen molar-refractivity contribution in [2.24, 2.45) is 0 Å². The third kappa shape index (κ3) is 3.84. The summed E-state index contributed by atoms with van der Waals surface area (Å²) < 4.78 is 26.8. The van der Waals surface area contributed by atoms with Crippen molar-refractivity contribution in [1.29, 1.82) is 0 Å². The molecule has 10 heteroatoms. The summed E-state index contributed by atoms with van der Waals surface area (Å²) in [5.74, 6) is -3.96. The lowest BCUT2D eigenvalue weighted by Gasteiger charge is -2.22. The lowest BCUT2D eigenvalue weighted by Crippen LogP contribution is -2.42. The van der Waals surface area contributed by atoms with Crippen molar-refractivity contribution in [3.63, 3.8) is 0 Å². The van der Waals surface area contributed by atoms with Gasteiger partial charge in [-0.2, -0.15) is 0 Å². The summed E-state index contributed by atoms with van der Waals surface area (Å²) in [7, 11) is 1.49. The molecular weight excluding hydrogens is 398 g/mol. The van der Waals surface area contributed by atoms with Gasteiger partial charge in [-0.15, -0.1) is 0 Å². The molecule has 1 atom stereocenters. The molecule has 0 saturated carbocycles. The number of halogens is 2. The number of carbonyl (C=O) groups is 4. The number of urea groups is 1. The first-order valence-electron chi connectivity index (χ1n) is 8.87. The molecule has 3 rings (SSSR count). The molecule has 1 heterocycles. The van der Waals surface area contributed by atoms with Crippen LogP contribution in [-0.4, -0.2) is 42.2 Å². The van der Waals surface area contributed by atoms with Crippen molar-refractivity contribution in [3.8, 4) is 0 Å². The first-order chi connectivity index (χ1) is 14.2. The topological polar surface area (TPSA) is 108 Å². The standard InChI is InChI=1S/C20H18F2N4O4/c1-20(12-5-8-14(21)15(22)9-12)18(29)26(19(30)25-20)10-16(27)24-13-6-3-11(4-7-13)17(28)23-2/h3-9H,10H2,1-2H3,(H,23,28)(H,24,27)(H,25,30)/t20-/m0/s1. The van der Waals surface area contributed by atoms with Crippen molar-refractivity contribution >= 4 is 29.4 Å². The molecule has 0 aliphatic carbocycles. The van der Waals surface area contributed by atoms with Gasteiger partial charge in [0.25, 0.3) is 11.8 Å². The number of rotatable bonds is 5. The Morgan fingerprint density at radius 1 is 1.07 bits per heavy atom. The highest BCUT2D eigenvalue weighted by Crippen LogP contribution is 2.29. The fourth-order valence-electron chi connectivity index (χ4n) is 3.04. The van der Waals surface area contributed by atoms with Gasteiger partial charge in [-0.3, -0.25) is 19.3 Å². The minimum Gasteiger partial charge on any atom is -0.355 e. The first kappa shape index (κ1) is 20.9. The van der Waals surface area contributed by atoms with Gasteiger partial charge in [0.15, 0.2) is 11.6 Å². The zero-order valence-corrected chi connectivity index (χ0v) is 16.1. The molecule has 30 heavy (non-hydrogen) atoms. The Balaban J connectivity index is 1.71. The Morgan fingerprint density at radius 3 is 2.33 bits per heavy atom. The number of imide groups is 1.